The molecule has 4 N–H and O–H groups in total. The molecule has 1 fully saturated rings. The summed E-state index contributed by atoms with van der Waals surface area (Å²) < 4.78 is 1.51. The third kappa shape index (κ3) is 4.24. The molecular weight excluding hydrogens is 390 g/mol. The van der Waals surface area contributed by atoms with E-state index < -0.39 is 4.92 Å². The highest BCUT2D eigenvalue weighted by molar-refractivity contribution is 7.98. The van der Waals surface area contributed by atoms with E-state index in [1.807, 2.05) is 0 Å². The normalized spacial score (nSPS) is 18.8. The molecule has 0 spiro atoms. The summed E-state index contributed by atoms with van der Waals surface area (Å²) in [6, 6.07) is 15.0. The summed E-state index contributed by atoms with van der Waals surface area (Å²) in [5, 5.41) is 19.8. The minimum absolute atomic E-state index is 0.0486. The highest BCUT2D eigenvalue weighted by atomic mass is 32.2. The van der Waals surface area contributed by atoms with E-state index in [9.17, 15) is 10.1 Å². The number of hydrogen-bond acceptors (Lipinski definition) is 8. The van der Waals surface area contributed by atoms with Gasteiger partial charge in [-0.2, -0.15) is 0 Å². The van der Waals surface area contributed by atoms with Crippen molar-refractivity contribution in [1.29, 1.82) is 0 Å². The number of nitrogen functional groups attached to an aromatic ring is 1. The number of hydrazine groups is 1. The van der Waals surface area contributed by atoms with Crippen LogP contribution in [0.1, 0.15) is 41.0 Å². The van der Waals surface area contributed by atoms with Gasteiger partial charge in [-0.25, -0.2) is 15.5 Å². The Balaban J connectivity index is 1.39. The summed E-state index contributed by atoms with van der Waals surface area (Å²) in [5.74, 6) is 7.49. The van der Waals surface area contributed by atoms with Gasteiger partial charge in [0.2, 0.25) is 5.16 Å². The van der Waals surface area contributed by atoms with Crippen LogP contribution in [0.15, 0.2) is 53.7 Å². The quantitative estimate of drug-likeness (QED) is 0.245. The zero-order valence-electron chi connectivity index (χ0n) is 15.8. The van der Waals surface area contributed by atoms with Gasteiger partial charge >= 0.3 is 0 Å². The first-order valence-electron chi connectivity index (χ1n) is 9.15. The number of nitro groups is 1. The minimum Gasteiger partial charge on any atom is -0.335 e. The number of nitrogens with one attached hydrogen (secondary N) is 2. The molecule has 2 heterocycles. The lowest BCUT2D eigenvalue weighted by molar-refractivity contribution is -0.384. The molecule has 150 valence electrons. The molecule has 3 aromatic rings. The molecular formula is C19H21N7O2S. The fourth-order valence-electron chi connectivity index (χ4n) is 3.23. The Hall–Kier alpha value is -2.95. The van der Waals surface area contributed by atoms with E-state index in [0.29, 0.717) is 16.7 Å². The predicted octanol–water partition coefficient (Wildman–Crippen LogP) is 2.78. The fourth-order valence-corrected chi connectivity index (χ4v) is 4.05. The smallest absolute Gasteiger partial charge is 0.269 e. The predicted molar refractivity (Wildman–Crippen MR) is 110 cm³/mol. The van der Waals surface area contributed by atoms with Crippen LogP contribution in [-0.2, 0) is 5.75 Å². The van der Waals surface area contributed by atoms with Gasteiger partial charge in [0, 0.05) is 23.9 Å². The van der Waals surface area contributed by atoms with Crippen molar-refractivity contribution in [3.05, 3.63) is 81.2 Å². The Morgan fingerprint density at radius 2 is 1.83 bits per heavy atom. The largest absolute Gasteiger partial charge is 0.335 e. The summed E-state index contributed by atoms with van der Waals surface area (Å²) >= 11 is 1.44. The molecule has 1 aliphatic rings. The number of benzene rings is 2. The number of nitrogens with two attached hydrogens (primary N) is 1. The third-order valence-corrected chi connectivity index (χ3v) is 5.91. The van der Waals surface area contributed by atoms with Gasteiger partial charge in [-0.15, -0.1) is 10.2 Å². The molecule has 1 aromatic heterocycles. The van der Waals surface area contributed by atoms with E-state index in [-0.39, 0.29) is 17.8 Å². The molecule has 1 aliphatic heterocycles. The Bertz CT molecular complexity index is 1000. The molecule has 0 amide bonds. The van der Waals surface area contributed by atoms with E-state index in [1.54, 1.807) is 12.1 Å². The number of hydrogen-bond donors (Lipinski definition) is 3. The van der Waals surface area contributed by atoms with Crippen LogP contribution in [-0.4, -0.2) is 19.8 Å². The van der Waals surface area contributed by atoms with E-state index in [2.05, 4.69) is 52.2 Å². The van der Waals surface area contributed by atoms with Crippen LogP contribution in [0, 0.1) is 17.0 Å². The molecule has 29 heavy (non-hydrogen) atoms. The first-order chi connectivity index (χ1) is 14.0. The standard InChI is InChI=1S/C19H21N7O2S/c1-12-2-6-14(7-3-12)16-10-17(22-21-16)18-23-24-19(25(18)20)29-11-13-4-8-15(9-5-13)26(27)28/h2-9,16-17,21-22H,10-11,20H2,1H3. The van der Waals surface area contributed by atoms with Crippen molar-refractivity contribution in [2.75, 3.05) is 5.84 Å². The molecule has 0 bridgehead atoms. The number of rotatable bonds is 6. The molecule has 10 heteroatoms. The second kappa shape index (κ2) is 8.19. The number of thioether (sulfide) groups is 1. The number of nitro benzene ring substituents is 1. The summed E-state index contributed by atoms with van der Waals surface area (Å²) in [7, 11) is 0. The molecule has 4 rings (SSSR count). The van der Waals surface area contributed by atoms with Gasteiger partial charge in [0.1, 0.15) is 0 Å². The van der Waals surface area contributed by atoms with Crippen LogP contribution >= 0.6 is 11.8 Å². The lowest BCUT2D eigenvalue weighted by Gasteiger charge is -2.10. The third-order valence-electron chi connectivity index (χ3n) is 4.90. The van der Waals surface area contributed by atoms with Crippen molar-refractivity contribution in [1.82, 2.24) is 25.7 Å². The van der Waals surface area contributed by atoms with Crippen LogP contribution in [0.25, 0.3) is 0 Å². The van der Waals surface area contributed by atoms with Gasteiger partial charge < -0.3 is 5.84 Å². The molecule has 0 aliphatic carbocycles. The van der Waals surface area contributed by atoms with Crippen molar-refractivity contribution in [3.8, 4) is 0 Å². The number of aryl methyl sites for hydroxylation is 1. The van der Waals surface area contributed by atoms with Crippen LogP contribution in [0.3, 0.4) is 0 Å². The van der Waals surface area contributed by atoms with Crippen LogP contribution in [0.5, 0.6) is 0 Å². The Morgan fingerprint density at radius 1 is 1.14 bits per heavy atom. The average molecular weight is 411 g/mol. The highest BCUT2D eigenvalue weighted by Gasteiger charge is 2.30. The van der Waals surface area contributed by atoms with Crippen LogP contribution < -0.4 is 16.7 Å². The van der Waals surface area contributed by atoms with Gasteiger partial charge in [0.25, 0.3) is 5.69 Å². The molecule has 2 atom stereocenters. The summed E-state index contributed by atoms with van der Waals surface area (Å²) in [5.41, 5.74) is 10.0. The number of aromatic nitrogens is 3. The molecule has 9 nitrogen and oxygen atoms in total. The van der Waals surface area contributed by atoms with Crippen molar-refractivity contribution in [2.45, 2.75) is 36.3 Å². The van der Waals surface area contributed by atoms with E-state index in [4.69, 9.17) is 5.84 Å². The second-order valence-electron chi connectivity index (χ2n) is 6.96. The van der Waals surface area contributed by atoms with Crippen LogP contribution in [0.4, 0.5) is 5.69 Å². The summed E-state index contributed by atoms with van der Waals surface area (Å²) in [6.07, 6.45) is 0.811. The maximum Gasteiger partial charge on any atom is 0.269 e. The van der Waals surface area contributed by atoms with Crippen molar-refractivity contribution in [3.63, 3.8) is 0 Å². The van der Waals surface area contributed by atoms with Gasteiger partial charge in [-0.05, 0) is 24.5 Å². The van der Waals surface area contributed by atoms with Crippen molar-refractivity contribution in [2.24, 2.45) is 0 Å². The average Bonchev–Trinajstić information content (AvgIpc) is 3.34. The number of nitrogens with zero attached hydrogens (tertiary/aromatic N) is 4. The first kappa shape index (κ1) is 19.4. The number of non-ortho nitro benzene ring substituents is 1. The van der Waals surface area contributed by atoms with Gasteiger partial charge in [-0.1, -0.05) is 53.7 Å². The maximum absolute atomic E-state index is 10.7. The first-order valence-corrected chi connectivity index (χ1v) is 10.1. The van der Waals surface area contributed by atoms with E-state index >= 15 is 0 Å². The lowest BCUT2D eigenvalue weighted by atomic mass is 10.0. The van der Waals surface area contributed by atoms with Crippen molar-refractivity contribution >= 4 is 17.4 Å². The summed E-state index contributed by atoms with van der Waals surface area (Å²) in [4.78, 5) is 10.3. The van der Waals surface area contributed by atoms with Gasteiger partial charge in [0.05, 0.1) is 11.0 Å². The maximum atomic E-state index is 10.7. The zero-order chi connectivity index (χ0) is 20.4. The Labute approximate surface area is 171 Å². The summed E-state index contributed by atoms with van der Waals surface area (Å²) in [6.45, 7) is 2.07. The molecule has 2 unspecified atom stereocenters. The van der Waals surface area contributed by atoms with E-state index in [1.165, 1.54) is 39.7 Å². The van der Waals surface area contributed by atoms with Gasteiger partial charge in [-0.3, -0.25) is 10.1 Å². The van der Waals surface area contributed by atoms with Crippen molar-refractivity contribution < 1.29 is 4.92 Å². The Morgan fingerprint density at radius 3 is 2.52 bits per heavy atom. The fraction of sp³-hybridized carbons (Fsp3) is 0.263. The van der Waals surface area contributed by atoms with Gasteiger partial charge in [0.15, 0.2) is 5.82 Å². The molecule has 0 radical (unpaired) electrons. The lowest BCUT2D eigenvalue weighted by Crippen LogP contribution is -2.29. The minimum atomic E-state index is -0.410. The highest BCUT2D eigenvalue weighted by Crippen LogP contribution is 2.31. The topological polar surface area (TPSA) is 124 Å². The SMILES string of the molecule is Cc1ccc(C2CC(c3nnc(SCc4ccc([N+](=O)[O-])cc4)n3N)NN2)cc1. The molecule has 1 saturated heterocycles. The Kier molecular flexibility index (Phi) is 5.47. The molecule has 0 saturated carbocycles. The second-order valence-corrected chi connectivity index (χ2v) is 7.91. The molecule has 2 aromatic carbocycles. The monoisotopic (exact) mass is 411 g/mol. The zero-order valence-corrected chi connectivity index (χ0v) is 16.6. The van der Waals surface area contributed by atoms with E-state index in [0.717, 1.165) is 12.0 Å². The van der Waals surface area contributed by atoms with Crippen LogP contribution in [0.2, 0.25) is 0 Å².